The normalized spacial score (nSPS) is 21.4. The van der Waals surface area contributed by atoms with Crippen molar-refractivity contribution < 1.29 is 0 Å². The molecular formula is C60H60N2. The Morgan fingerprint density at radius 1 is 0.565 bits per heavy atom. The highest BCUT2D eigenvalue weighted by Gasteiger charge is 2.39. The first-order valence-corrected chi connectivity index (χ1v) is 23.2. The van der Waals surface area contributed by atoms with Crippen LogP contribution in [0.2, 0.25) is 0 Å². The minimum absolute atomic E-state index is 0.151. The fourth-order valence-corrected chi connectivity index (χ4v) is 11.0. The zero-order chi connectivity index (χ0) is 42.6. The summed E-state index contributed by atoms with van der Waals surface area (Å²) in [4.78, 5) is 11.1. The number of nitrogens with zero attached hydrogens (tertiary/aromatic N) is 2. The lowest BCUT2D eigenvalue weighted by Crippen LogP contribution is -2.34. The molecule has 62 heavy (non-hydrogen) atoms. The molecule has 0 saturated carbocycles. The molecule has 0 aromatic heterocycles. The largest absolute Gasteiger partial charge is 0.232 e. The summed E-state index contributed by atoms with van der Waals surface area (Å²) in [5, 5.41) is 0. The van der Waals surface area contributed by atoms with Gasteiger partial charge in [0, 0.05) is 29.4 Å². The van der Waals surface area contributed by atoms with Gasteiger partial charge in [0.2, 0.25) is 0 Å². The third kappa shape index (κ3) is 7.57. The zero-order valence-corrected chi connectivity index (χ0v) is 37.5. The highest BCUT2D eigenvalue weighted by Crippen LogP contribution is 2.52. The van der Waals surface area contributed by atoms with Crippen molar-refractivity contribution in [3.05, 3.63) is 207 Å². The summed E-state index contributed by atoms with van der Waals surface area (Å²) in [6.07, 6.45) is 12.6. The first-order valence-electron chi connectivity index (χ1n) is 23.2. The topological polar surface area (TPSA) is 24.7 Å². The van der Waals surface area contributed by atoms with Gasteiger partial charge in [-0.3, -0.25) is 0 Å². The summed E-state index contributed by atoms with van der Waals surface area (Å²) < 4.78 is 0. The van der Waals surface area contributed by atoms with E-state index in [1.165, 1.54) is 81.3 Å². The van der Waals surface area contributed by atoms with Crippen LogP contribution in [0.5, 0.6) is 0 Å². The number of aliphatic imine (C=N–C) groups is 2. The van der Waals surface area contributed by atoms with E-state index in [1.807, 2.05) is 0 Å². The maximum Gasteiger partial charge on any atom is 0.160 e. The van der Waals surface area contributed by atoms with E-state index < -0.39 is 0 Å². The zero-order valence-electron chi connectivity index (χ0n) is 37.5. The van der Waals surface area contributed by atoms with Crippen LogP contribution in [-0.4, -0.2) is 11.5 Å². The molecule has 0 radical (unpaired) electrons. The number of hydrogen-bond acceptors (Lipinski definition) is 2. The highest BCUT2D eigenvalue weighted by molar-refractivity contribution is 6.16. The van der Waals surface area contributed by atoms with E-state index in [-0.39, 0.29) is 16.7 Å². The lowest BCUT2D eigenvalue weighted by molar-refractivity contribution is 0.331. The molecule has 3 unspecified atom stereocenters. The number of allylic oxidation sites excluding steroid dienone is 3. The quantitative estimate of drug-likeness (QED) is 0.150. The maximum atomic E-state index is 5.64. The van der Waals surface area contributed by atoms with E-state index in [9.17, 15) is 0 Å². The molecule has 10 rings (SSSR count). The van der Waals surface area contributed by atoms with Gasteiger partial charge in [0.1, 0.15) is 0 Å². The predicted octanol–water partition coefficient (Wildman–Crippen LogP) is 15.9. The SMILES string of the molecule is CC1=C(c2ccccc2)N=C(c2cccc(-c3ccccc3)c2)N=C(c2cc(C3C=CCCC3)cc(C3CC(C)c4cc5c(cc4-c4ccccc43)C(C)(C)CCC5(C)C)c2)C1. The van der Waals surface area contributed by atoms with E-state index in [1.54, 1.807) is 5.56 Å². The van der Waals surface area contributed by atoms with Gasteiger partial charge in [0.05, 0.1) is 11.4 Å². The van der Waals surface area contributed by atoms with Crippen molar-refractivity contribution in [1.29, 1.82) is 0 Å². The van der Waals surface area contributed by atoms with Gasteiger partial charge in [-0.1, -0.05) is 168 Å². The van der Waals surface area contributed by atoms with Crippen molar-refractivity contribution in [3.63, 3.8) is 0 Å². The van der Waals surface area contributed by atoms with Crippen LogP contribution < -0.4 is 0 Å². The molecule has 4 aliphatic rings. The summed E-state index contributed by atoms with van der Waals surface area (Å²) in [5.41, 5.74) is 21.0. The molecule has 0 spiro atoms. The summed E-state index contributed by atoms with van der Waals surface area (Å²) >= 11 is 0. The Kier molecular flexibility index (Phi) is 10.5. The molecule has 0 bridgehead atoms. The Labute approximate surface area is 370 Å². The molecule has 0 fully saturated rings. The molecule has 0 amide bonds. The molecule has 3 aliphatic carbocycles. The van der Waals surface area contributed by atoms with Crippen LogP contribution in [0.3, 0.4) is 0 Å². The van der Waals surface area contributed by atoms with Crippen LogP contribution in [0.25, 0.3) is 28.0 Å². The predicted molar refractivity (Wildman–Crippen MR) is 263 cm³/mol. The first kappa shape index (κ1) is 40.2. The molecule has 3 atom stereocenters. The van der Waals surface area contributed by atoms with Crippen molar-refractivity contribution in [2.45, 2.75) is 115 Å². The number of amidine groups is 1. The molecular weight excluding hydrogens is 749 g/mol. The summed E-state index contributed by atoms with van der Waals surface area (Å²) in [6, 6.07) is 52.2. The second kappa shape index (κ2) is 16.1. The van der Waals surface area contributed by atoms with E-state index in [0.29, 0.717) is 11.8 Å². The van der Waals surface area contributed by atoms with Gasteiger partial charge in [-0.15, -0.1) is 0 Å². The Morgan fingerprint density at radius 2 is 1.23 bits per heavy atom. The summed E-state index contributed by atoms with van der Waals surface area (Å²) in [6.45, 7) is 14.6. The van der Waals surface area contributed by atoms with Gasteiger partial charge in [-0.25, -0.2) is 9.98 Å². The van der Waals surface area contributed by atoms with Crippen LogP contribution in [0.15, 0.2) is 167 Å². The Morgan fingerprint density at radius 3 is 1.97 bits per heavy atom. The Balaban J connectivity index is 1.14. The van der Waals surface area contributed by atoms with Crippen LogP contribution in [0.4, 0.5) is 0 Å². The van der Waals surface area contributed by atoms with Crippen molar-refractivity contribution in [3.8, 4) is 22.3 Å². The second-order valence-corrected chi connectivity index (χ2v) is 20.0. The second-order valence-electron chi connectivity index (χ2n) is 20.0. The average molecular weight is 809 g/mol. The van der Waals surface area contributed by atoms with E-state index in [2.05, 4.69) is 193 Å². The van der Waals surface area contributed by atoms with Gasteiger partial charge >= 0.3 is 0 Å². The average Bonchev–Trinajstić information content (AvgIpc) is 3.56. The molecule has 2 heteroatoms. The van der Waals surface area contributed by atoms with Crippen molar-refractivity contribution in [1.82, 2.24) is 0 Å². The minimum atomic E-state index is 0.151. The molecule has 310 valence electrons. The molecule has 0 N–H and O–H groups in total. The summed E-state index contributed by atoms with van der Waals surface area (Å²) in [7, 11) is 0. The van der Waals surface area contributed by atoms with Gasteiger partial charge < -0.3 is 0 Å². The highest BCUT2D eigenvalue weighted by atomic mass is 14.9. The fraction of sp³-hybridized carbons (Fsp3) is 0.300. The van der Waals surface area contributed by atoms with Gasteiger partial charge in [0.15, 0.2) is 5.84 Å². The van der Waals surface area contributed by atoms with Crippen LogP contribution in [0.1, 0.15) is 154 Å². The van der Waals surface area contributed by atoms with E-state index in [4.69, 9.17) is 9.98 Å². The summed E-state index contributed by atoms with van der Waals surface area (Å²) in [5.74, 6) is 1.76. The van der Waals surface area contributed by atoms with Crippen LogP contribution in [0, 0.1) is 0 Å². The number of rotatable bonds is 6. The molecule has 2 nitrogen and oxygen atoms in total. The molecule has 6 aromatic rings. The minimum Gasteiger partial charge on any atom is -0.232 e. The van der Waals surface area contributed by atoms with E-state index >= 15 is 0 Å². The van der Waals surface area contributed by atoms with Crippen LogP contribution >= 0.6 is 0 Å². The third-order valence-electron chi connectivity index (χ3n) is 14.7. The van der Waals surface area contributed by atoms with E-state index in [0.717, 1.165) is 53.2 Å². The maximum absolute atomic E-state index is 5.64. The Bertz CT molecular complexity index is 2790. The molecule has 1 heterocycles. The van der Waals surface area contributed by atoms with Gasteiger partial charge in [-0.2, -0.15) is 0 Å². The standard InChI is InChI=1S/C60H60N2/c1-39-31-52(49-27-16-17-28-50(49)53-38-55-54(37-51(39)53)59(3,4)29-30-60(55,5)6)47-34-46(42-21-12-8-13-22-42)35-48(36-47)56-32-40(2)57(43-23-14-9-15-24-43)62-58(61-56)45-26-18-25-44(33-45)41-19-10-7-11-20-41/h7,9-12,14-21,23-28,33-39,42,52H,8,13,22,29-32H2,1-6H3. The number of benzene rings is 6. The molecule has 6 aromatic carbocycles. The number of hydrogen-bond donors (Lipinski definition) is 0. The first-order chi connectivity index (χ1) is 30.0. The third-order valence-corrected chi connectivity index (χ3v) is 14.7. The number of fused-ring (bicyclic) bond motifs is 4. The van der Waals surface area contributed by atoms with Crippen molar-refractivity contribution >= 4 is 17.2 Å². The monoisotopic (exact) mass is 808 g/mol. The van der Waals surface area contributed by atoms with Crippen molar-refractivity contribution in [2.75, 3.05) is 0 Å². The lowest BCUT2D eigenvalue weighted by atomic mass is 9.62. The Hall–Kier alpha value is -5.86. The van der Waals surface area contributed by atoms with Gasteiger partial charge in [-0.05, 0) is 147 Å². The fourth-order valence-electron chi connectivity index (χ4n) is 11.0. The van der Waals surface area contributed by atoms with Crippen LogP contribution in [-0.2, 0) is 10.8 Å². The smallest absolute Gasteiger partial charge is 0.160 e. The van der Waals surface area contributed by atoms with Crippen molar-refractivity contribution in [2.24, 2.45) is 9.98 Å². The lowest BCUT2D eigenvalue weighted by Gasteiger charge is -2.42. The molecule has 0 saturated heterocycles. The molecule has 1 aliphatic heterocycles. The van der Waals surface area contributed by atoms with Gasteiger partial charge in [0.25, 0.3) is 0 Å².